The lowest BCUT2D eigenvalue weighted by Crippen LogP contribution is -2.26. The van der Waals surface area contributed by atoms with Crippen molar-refractivity contribution >= 4 is 23.2 Å². The molecule has 0 saturated carbocycles. The van der Waals surface area contributed by atoms with Crippen molar-refractivity contribution in [2.75, 3.05) is 11.9 Å². The van der Waals surface area contributed by atoms with Crippen LogP contribution in [0.2, 0.25) is 5.02 Å². The van der Waals surface area contributed by atoms with E-state index >= 15 is 0 Å². The Hall–Kier alpha value is -2.07. The number of benzene rings is 2. The largest absolute Gasteiger partial charge is 0.508 e. The first-order chi connectivity index (χ1) is 8.99. The maximum Gasteiger partial charge on any atom is 0.258 e. The molecule has 0 unspecified atom stereocenters. The fourth-order valence-corrected chi connectivity index (χ4v) is 1.82. The molecule has 98 valence electrons. The second-order valence-corrected chi connectivity index (χ2v) is 4.42. The number of hydrogen-bond donors (Lipinski definition) is 1. The number of amides is 1. The first-order valence-corrected chi connectivity index (χ1v) is 5.89. The van der Waals surface area contributed by atoms with Gasteiger partial charge in [-0.1, -0.05) is 17.7 Å². The Morgan fingerprint density at radius 2 is 2.00 bits per heavy atom. The van der Waals surface area contributed by atoms with E-state index in [1.165, 1.54) is 29.2 Å². The van der Waals surface area contributed by atoms with E-state index in [-0.39, 0.29) is 22.2 Å². The van der Waals surface area contributed by atoms with Gasteiger partial charge in [0.25, 0.3) is 5.91 Å². The molecule has 0 aliphatic carbocycles. The van der Waals surface area contributed by atoms with Crippen molar-refractivity contribution in [1.29, 1.82) is 0 Å². The average molecular weight is 280 g/mol. The lowest BCUT2D eigenvalue weighted by atomic mass is 10.2. The molecule has 5 heteroatoms. The average Bonchev–Trinajstić information content (AvgIpc) is 2.40. The number of halogens is 2. The summed E-state index contributed by atoms with van der Waals surface area (Å²) in [6.07, 6.45) is 0. The van der Waals surface area contributed by atoms with Crippen LogP contribution in [0.25, 0.3) is 0 Å². The van der Waals surface area contributed by atoms with Crippen LogP contribution in [0.15, 0.2) is 42.5 Å². The van der Waals surface area contributed by atoms with Gasteiger partial charge in [0.15, 0.2) is 0 Å². The van der Waals surface area contributed by atoms with Crippen LogP contribution >= 0.6 is 11.6 Å². The first-order valence-electron chi connectivity index (χ1n) is 5.51. The fourth-order valence-electron chi connectivity index (χ4n) is 1.64. The lowest BCUT2D eigenvalue weighted by molar-refractivity contribution is 0.0993. The number of carbonyl (C=O) groups excluding carboxylic acids is 1. The molecule has 0 bridgehead atoms. The molecule has 0 radical (unpaired) electrons. The molecular weight excluding hydrogens is 269 g/mol. The summed E-state index contributed by atoms with van der Waals surface area (Å²) in [5, 5.41) is 9.28. The van der Waals surface area contributed by atoms with E-state index < -0.39 is 5.82 Å². The van der Waals surface area contributed by atoms with E-state index in [1.807, 2.05) is 0 Å². The zero-order valence-electron chi connectivity index (χ0n) is 10.1. The Bertz CT molecular complexity index is 631. The molecule has 0 saturated heterocycles. The minimum absolute atomic E-state index is 0.0642. The Morgan fingerprint density at radius 3 is 2.63 bits per heavy atom. The van der Waals surface area contributed by atoms with E-state index in [4.69, 9.17) is 11.6 Å². The van der Waals surface area contributed by atoms with E-state index in [1.54, 1.807) is 19.2 Å². The van der Waals surface area contributed by atoms with Crippen LogP contribution in [0.3, 0.4) is 0 Å². The van der Waals surface area contributed by atoms with Gasteiger partial charge in [0, 0.05) is 24.4 Å². The zero-order chi connectivity index (χ0) is 14.0. The Labute approximate surface area is 114 Å². The molecule has 0 heterocycles. The van der Waals surface area contributed by atoms with Crippen LogP contribution in [-0.4, -0.2) is 18.1 Å². The van der Waals surface area contributed by atoms with Gasteiger partial charge in [-0.05, 0) is 30.3 Å². The SMILES string of the molecule is CN(C(=O)c1ccc(F)c(Cl)c1)c1cccc(O)c1. The fraction of sp³-hybridized carbons (Fsp3) is 0.0714. The molecule has 19 heavy (non-hydrogen) atoms. The summed E-state index contributed by atoms with van der Waals surface area (Å²) in [5.74, 6) is -0.847. The van der Waals surface area contributed by atoms with Crippen LogP contribution in [0, 0.1) is 5.82 Å². The Balaban J connectivity index is 2.30. The van der Waals surface area contributed by atoms with Gasteiger partial charge in [0.2, 0.25) is 0 Å². The maximum atomic E-state index is 13.0. The highest BCUT2D eigenvalue weighted by Gasteiger charge is 2.15. The first kappa shape index (κ1) is 13.4. The van der Waals surface area contributed by atoms with Crippen molar-refractivity contribution in [3.8, 4) is 5.75 Å². The van der Waals surface area contributed by atoms with Crippen LogP contribution < -0.4 is 4.90 Å². The maximum absolute atomic E-state index is 13.0. The lowest BCUT2D eigenvalue weighted by Gasteiger charge is -2.17. The number of anilines is 1. The van der Waals surface area contributed by atoms with Gasteiger partial charge in [-0.15, -0.1) is 0 Å². The molecule has 3 nitrogen and oxygen atoms in total. The highest BCUT2D eigenvalue weighted by molar-refractivity contribution is 6.31. The van der Waals surface area contributed by atoms with Gasteiger partial charge in [-0.25, -0.2) is 4.39 Å². The van der Waals surface area contributed by atoms with Crippen LogP contribution in [0.4, 0.5) is 10.1 Å². The molecule has 1 N–H and O–H groups in total. The van der Waals surface area contributed by atoms with Crippen molar-refractivity contribution in [2.45, 2.75) is 0 Å². The van der Waals surface area contributed by atoms with Crippen molar-refractivity contribution in [3.05, 3.63) is 58.9 Å². The number of phenolic OH excluding ortho intramolecular Hbond substituents is 1. The van der Waals surface area contributed by atoms with Gasteiger partial charge in [0.05, 0.1) is 5.02 Å². The van der Waals surface area contributed by atoms with Gasteiger partial charge in [-0.3, -0.25) is 4.79 Å². The number of hydrogen-bond acceptors (Lipinski definition) is 2. The van der Waals surface area contributed by atoms with Gasteiger partial charge < -0.3 is 10.0 Å². The predicted octanol–water partition coefficient (Wildman–Crippen LogP) is 3.46. The number of rotatable bonds is 2. The topological polar surface area (TPSA) is 40.5 Å². The van der Waals surface area contributed by atoms with Gasteiger partial charge in [0.1, 0.15) is 11.6 Å². The molecule has 0 aliphatic heterocycles. The molecule has 0 aliphatic rings. The quantitative estimate of drug-likeness (QED) is 0.914. The van der Waals surface area contributed by atoms with Crippen LogP contribution in [-0.2, 0) is 0 Å². The van der Waals surface area contributed by atoms with Crippen molar-refractivity contribution in [1.82, 2.24) is 0 Å². The molecule has 2 rings (SSSR count). The second kappa shape index (κ2) is 5.28. The Morgan fingerprint density at radius 1 is 1.26 bits per heavy atom. The standard InChI is InChI=1S/C14H11ClFNO2/c1-17(10-3-2-4-11(18)8-10)14(19)9-5-6-13(16)12(15)7-9/h2-8,18H,1H3. The Kier molecular flexibility index (Phi) is 3.71. The summed E-state index contributed by atoms with van der Waals surface area (Å²) in [6.45, 7) is 0. The molecule has 0 atom stereocenters. The molecule has 2 aromatic rings. The van der Waals surface area contributed by atoms with E-state index in [0.29, 0.717) is 5.69 Å². The molecule has 0 aromatic heterocycles. The number of carbonyl (C=O) groups is 1. The summed E-state index contributed by atoms with van der Waals surface area (Å²) < 4.78 is 13.0. The zero-order valence-corrected chi connectivity index (χ0v) is 10.9. The normalized spacial score (nSPS) is 10.3. The van der Waals surface area contributed by atoms with Gasteiger partial charge >= 0.3 is 0 Å². The monoisotopic (exact) mass is 279 g/mol. The van der Waals surface area contributed by atoms with E-state index in [2.05, 4.69) is 0 Å². The van der Waals surface area contributed by atoms with Crippen molar-refractivity contribution in [2.24, 2.45) is 0 Å². The van der Waals surface area contributed by atoms with E-state index in [0.717, 1.165) is 6.07 Å². The summed E-state index contributed by atoms with van der Waals surface area (Å²) in [5.41, 5.74) is 0.808. The molecular formula is C14H11ClFNO2. The number of aromatic hydroxyl groups is 1. The number of nitrogens with zero attached hydrogens (tertiary/aromatic N) is 1. The van der Waals surface area contributed by atoms with E-state index in [9.17, 15) is 14.3 Å². The summed E-state index contributed by atoms with van der Waals surface area (Å²) >= 11 is 5.65. The molecule has 2 aromatic carbocycles. The molecule has 0 spiro atoms. The summed E-state index contributed by atoms with van der Waals surface area (Å²) in [4.78, 5) is 13.5. The molecule has 1 amide bonds. The highest BCUT2D eigenvalue weighted by Crippen LogP contribution is 2.22. The molecule has 0 fully saturated rings. The predicted molar refractivity (Wildman–Crippen MR) is 72.3 cm³/mol. The third-order valence-electron chi connectivity index (χ3n) is 2.69. The number of phenols is 1. The van der Waals surface area contributed by atoms with Crippen LogP contribution in [0.5, 0.6) is 5.75 Å². The smallest absolute Gasteiger partial charge is 0.258 e. The summed E-state index contributed by atoms with van der Waals surface area (Å²) in [7, 11) is 1.56. The minimum Gasteiger partial charge on any atom is -0.508 e. The van der Waals surface area contributed by atoms with Crippen molar-refractivity contribution in [3.63, 3.8) is 0 Å². The third kappa shape index (κ3) is 2.85. The summed E-state index contributed by atoms with van der Waals surface area (Å²) in [6, 6.07) is 10.1. The van der Waals surface area contributed by atoms with Crippen LogP contribution in [0.1, 0.15) is 10.4 Å². The second-order valence-electron chi connectivity index (χ2n) is 4.01. The minimum atomic E-state index is -0.571. The van der Waals surface area contributed by atoms with Crippen molar-refractivity contribution < 1.29 is 14.3 Å². The van der Waals surface area contributed by atoms with Gasteiger partial charge in [-0.2, -0.15) is 0 Å². The highest BCUT2D eigenvalue weighted by atomic mass is 35.5. The third-order valence-corrected chi connectivity index (χ3v) is 2.98.